The number of hydrogen-bond acceptors (Lipinski definition) is 4. The zero-order chi connectivity index (χ0) is 17.2. The summed E-state index contributed by atoms with van der Waals surface area (Å²) in [6.45, 7) is 1.79. The standard InChI is InChI=1S/C19H18F2N4/c20-15-2-1-14(12-16(15)21)11-13-5-9-25(10-6-13)18-4-3-17-19(24-18)23-8-7-22-17/h1-4,7-8,12-13H,5-6,9-11H2. The summed E-state index contributed by atoms with van der Waals surface area (Å²) < 4.78 is 26.4. The molecule has 1 aromatic carbocycles. The average molecular weight is 340 g/mol. The second-order valence-electron chi connectivity index (χ2n) is 6.45. The molecule has 4 nitrogen and oxygen atoms in total. The van der Waals surface area contributed by atoms with Gasteiger partial charge in [-0.3, -0.25) is 4.98 Å². The van der Waals surface area contributed by atoms with Crippen LogP contribution in [0.4, 0.5) is 14.6 Å². The van der Waals surface area contributed by atoms with Gasteiger partial charge in [0.2, 0.25) is 0 Å². The van der Waals surface area contributed by atoms with Crippen LogP contribution in [0.25, 0.3) is 11.2 Å². The Bertz CT molecular complexity index is 891. The Morgan fingerprint density at radius 3 is 2.56 bits per heavy atom. The normalized spacial score (nSPS) is 15.7. The summed E-state index contributed by atoms with van der Waals surface area (Å²) in [6.07, 6.45) is 6.08. The third kappa shape index (κ3) is 3.43. The van der Waals surface area contributed by atoms with Crippen molar-refractivity contribution in [3.8, 4) is 0 Å². The molecule has 1 saturated heterocycles. The van der Waals surface area contributed by atoms with Gasteiger partial charge in [-0.25, -0.2) is 18.7 Å². The lowest BCUT2D eigenvalue weighted by atomic mass is 9.90. The molecule has 0 N–H and O–H groups in total. The Kier molecular flexibility index (Phi) is 4.26. The molecular formula is C19H18F2N4. The van der Waals surface area contributed by atoms with Gasteiger partial charge in [-0.15, -0.1) is 0 Å². The second-order valence-corrected chi connectivity index (χ2v) is 6.45. The predicted molar refractivity (Wildman–Crippen MR) is 92.3 cm³/mol. The minimum atomic E-state index is -0.788. The average Bonchev–Trinajstić information content (AvgIpc) is 2.65. The predicted octanol–water partition coefficient (Wildman–Crippen LogP) is 3.76. The molecule has 2 aromatic heterocycles. The van der Waals surface area contributed by atoms with Crippen LogP contribution in [0.2, 0.25) is 0 Å². The number of aromatic nitrogens is 3. The third-order valence-electron chi connectivity index (χ3n) is 4.76. The van der Waals surface area contributed by atoms with Gasteiger partial charge in [0.05, 0.1) is 0 Å². The molecule has 0 unspecified atom stereocenters. The maximum absolute atomic E-state index is 13.3. The van der Waals surface area contributed by atoms with Crippen molar-refractivity contribution in [2.45, 2.75) is 19.3 Å². The minimum absolute atomic E-state index is 0.473. The third-order valence-corrected chi connectivity index (χ3v) is 4.76. The minimum Gasteiger partial charge on any atom is -0.357 e. The second kappa shape index (κ2) is 6.70. The number of halogens is 2. The highest BCUT2D eigenvalue weighted by Crippen LogP contribution is 2.26. The highest BCUT2D eigenvalue weighted by molar-refractivity contribution is 5.71. The molecule has 3 heterocycles. The van der Waals surface area contributed by atoms with E-state index < -0.39 is 11.6 Å². The summed E-state index contributed by atoms with van der Waals surface area (Å²) in [7, 11) is 0. The first-order chi connectivity index (χ1) is 12.2. The van der Waals surface area contributed by atoms with Crippen LogP contribution in [-0.2, 0) is 6.42 Å². The van der Waals surface area contributed by atoms with Crippen molar-refractivity contribution in [2.24, 2.45) is 5.92 Å². The van der Waals surface area contributed by atoms with Crippen LogP contribution in [0.1, 0.15) is 18.4 Å². The number of anilines is 1. The summed E-state index contributed by atoms with van der Waals surface area (Å²) >= 11 is 0. The molecule has 1 aliphatic rings. The van der Waals surface area contributed by atoms with Gasteiger partial charge in [0, 0.05) is 25.5 Å². The van der Waals surface area contributed by atoms with E-state index in [4.69, 9.17) is 0 Å². The van der Waals surface area contributed by atoms with Gasteiger partial charge in [0.25, 0.3) is 0 Å². The first-order valence-electron chi connectivity index (χ1n) is 8.46. The Balaban J connectivity index is 1.41. The maximum Gasteiger partial charge on any atom is 0.180 e. The van der Waals surface area contributed by atoms with Gasteiger partial charge in [0.15, 0.2) is 17.3 Å². The van der Waals surface area contributed by atoms with Crippen molar-refractivity contribution in [2.75, 3.05) is 18.0 Å². The van der Waals surface area contributed by atoms with E-state index in [1.807, 2.05) is 12.1 Å². The highest BCUT2D eigenvalue weighted by atomic mass is 19.2. The van der Waals surface area contributed by atoms with Gasteiger partial charge >= 0.3 is 0 Å². The molecule has 0 atom stereocenters. The van der Waals surface area contributed by atoms with Crippen molar-refractivity contribution in [1.82, 2.24) is 15.0 Å². The van der Waals surface area contributed by atoms with Gasteiger partial charge in [-0.1, -0.05) is 6.07 Å². The lowest BCUT2D eigenvalue weighted by Gasteiger charge is -2.33. The van der Waals surface area contributed by atoms with Gasteiger partial charge < -0.3 is 4.90 Å². The van der Waals surface area contributed by atoms with E-state index in [0.29, 0.717) is 11.6 Å². The molecule has 0 saturated carbocycles. The molecule has 0 bridgehead atoms. The van der Waals surface area contributed by atoms with E-state index >= 15 is 0 Å². The molecule has 0 amide bonds. The van der Waals surface area contributed by atoms with Crippen LogP contribution in [0.15, 0.2) is 42.7 Å². The van der Waals surface area contributed by atoms with Crippen molar-refractivity contribution < 1.29 is 8.78 Å². The van der Waals surface area contributed by atoms with Crippen LogP contribution in [-0.4, -0.2) is 28.0 Å². The maximum atomic E-state index is 13.3. The first kappa shape index (κ1) is 15.9. The van der Waals surface area contributed by atoms with E-state index in [2.05, 4.69) is 19.9 Å². The van der Waals surface area contributed by atoms with E-state index in [0.717, 1.165) is 49.2 Å². The molecule has 4 rings (SSSR count). The largest absolute Gasteiger partial charge is 0.357 e. The van der Waals surface area contributed by atoms with E-state index in [-0.39, 0.29) is 0 Å². The van der Waals surface area contributed by atoms with Gasteiger partial charge in [0.1, 0.15) is 11.3 Å². The lowest BCUT2D eigenvalue weighted by Crippen LogP contribution is -2.34. The summed E-state index contributed by atoms with van der Waals surface area (Å²) in [5.41, 5.74) is 2.31. The summed E-state index contributed by atoms with van der Waals surface area (Å²) in [4.78, 5) is 15.3. The highest BCUT2D eigenvalue weighted by Gasteiger charge is 2.21. The zero-order valence-corrected chi connectivity index (χ0v) is 13.7. The Hall–Kier alpha value is -2.63. The number of benzene rings is 1. The first-order valence-corrected chi connectivity index (χ1v) is 8.46. The van der Waals surface area contributed by atoms with E-state index in [1.54, 1.807) is 18.5 Å². The lowest BCUT2D eigenvalue weighted by molar-refractivity contribution is 0.401. The van der Waals surface area contributed by atoms with E-state index in [9.17, 15) is 8.78 Å². The van der Waals surface area contributed by atoms with Crippen molar-refractivity contribution in [3.63, 3.8) is 0 Å². The number of fused-ring (bicyclic) bond motifs is 1. The molecule has 0 spiro atoms. The van der Waals surface area contributed by atoms with Gasteiger partial charge in [-0.2, -0.15) is 0 Å². The molecule has 1 aliphatic heterocycles. The molecule has 128 valence electrons. The number of piperidine rings is 1. The molecular weight excluding hydrogens is 322 g/mol. The van der Waals surface area contributed by atoms with Crippen LogP contribution >= 0.6 is 0 Å². The molecule has 1 fully saturated rings. The smallest absolute Gasteiger partial charge is 0.180 e. The van der Waals surface area contributed by atoms with Gasteiger partial charge in [-0.05, 0) is 55.0 Å². The quantitative estimate of drug-likeness (QED) is 0.728. The fraction of sp³-hybridized carbons (Fsp3) is 0.316. The monoisotopic (exact) mass is 340 g/mol. The number of nitrogens with zero attached hydrogens (tertiary/aromatic N) is 4. The number of pyridine rings is 1. The summed E-state index contributed by atoms with van der Waals surface area (Å²) in [5.74, 6) is -0.166. The molecule has 6 heteroatoms. The summed E-state index contributed by atoms with van der Waals surface area (Å²) in [6, 6.07) is 8.12. The number of hydrogen-bond donors (Lipinski definition) is 0. The van der Waals surface area contributed by atoms with Crippen molar-refractivity contribution in [3.05, 3.63) is 59.9 Å². The van der Waals surface area contributed by atoms with Crippen molar-refractivity contribution in [1.29, 1.82) is 0 Å². The van der Waals surface area contributed by atoms with Crippen molar-refractivity contribution >= 4 is 17.0 Å². The Morgan fingerprint density at radius 2 is 1.76 bits per heavy atom. The molecule has 3 aromatic rings. The number of rotatable bonds is 3. The van der Waals surface area contributed by atoms with Crippen LogP contribution in [0, 0.1) is 17.6 Å². The van der Waals surface area contributed by atoms with Crippen LogP contribution in [0.3, 0.4) is 0 Å². The van der Waals surface area contributed by atoms with Crippen LogP contribution in [0.5, 0.6) is 0 Å². The molecule has 0 aliphatic carbocycles. The van der Waals surface area contributed by atoms with Crippen LogP contribution < -0.4 is 4.90 Å². The fourth-order valence-corrected chi connectivity index (χ4v) is 3.39. The zero-order valence-electron chi connectivity index (χ0n) is 13.7. The topological polar surface area (TPSA) is 41.9 Å². The fourth-order valence-electron chi connectivity index (χ4n) is 3.39. The SMILES string of the molecule is Fc1ccc(CC2CCN(c3ccc4nccnc4n3)CC2)cc1F. The molecule has 25 heavy (non-hydrogen) atoms. The molecule has 0 radical (unpaired) electrons. The Labute approximate surface area is 144 Å². The van der Waals surface area contributed by atoms with E-state index in [1.165, 1.54) is 12.1 Å². The Morgan fingerprint density at radius 1 is 0.960 bits per heavy atom. The summed E-state index contributed by atoms with van der Waals surface area (Å²) in [5, 5.41) is 0.